The summed E-state index contributed by atoms with van der Waals surface area (Å²) in [6.45, 7) is 0.354. The second-order valence-corrected chi connectivity index (χ2v) is 4.82. The predicted octanol–water partition coefficient (Wildman–Crippen LogP) is 2.46. The molecule has 120 valence electrons. The Kier molecular flexibility index (Phi) is 3.90. The van der Waals surface area contributed by atoms with Crippen LogP contribution in [-0.4, -0.2) is 36.1 Å². The lowest BCUT2D eigenvalue weighted by Crippen LogP contribution is -2.17. The second kappa shape index (κ2) is 5.88. The van der Waals surface area contributed by atoms with Crippen LogP contribution in [0, 0.1) is 0 Å². The maximum atomic E-state index is 12.2. The number of aromatic nitrogens is 6. The van der Waals surface area contributed by atoms with Crippen molar-refractivity contribution in [1.29, 1.82) is 0 Å². The zero-order valence-corrected chi connectivity index (χ0v) is 12.0. The molecular formula is C12H8ClF3N6O. The minimum absolute atomic E-state index is 0.0453. The Balaban J connectivity index is 1.80. The first-order chi connectivity index (χ1) is 10.9. The van der Waals surface area contributed by atoms with Crippen LogP contribution in [0.25, 0.3) is 5.69 Å². The number of benzene rings is 1. The molecule has 23 heavy (non-hydrogen) atoms. The van der Waals surface area contributed by atoms with Gasteiger partial charge in [0.25, 0.3) is 0 Å². The standard InChI is InChI=1S/C12H8ClF3N6O/c13-10-3-9(23-12(14,15)16)1-2-11(10)22-5-8(19-20-22)4-21-7-17-6-18-21/h1-3,5-7H,4H2. The van der Waals surface area contributed by atoms with Crippen molar-refractivity contribution in [1.82, 2.24) is 29.8 Å². The van der Waals surface area contributed by atoms with Crippen molar-refractivity contribution in [3.05, 3.63) is 47.8 Å². The van der Waals surface area contributed by atoms with Gasteiger partial charge in [-0.2, -0.15) is 5.10 Å². The average molecular weight is 345 g/mol. The first-order valence-corrected chi connectivity index (χ1v) is 6.58. The van der Waals surface area contributed by atoms with Gasteiger partial charge in [-0.15, -0.1) is 18.3 Å². The molecule has 3 aromatic rings. The molecule has 0 aliphatic rings. The minimum Gasteiger partial charge on any atom is -0.406 e. The molecule has 0 saturated heterocycles. The van der Waals surface area contributed by atoms with Gasteiger partial charge in [0.05, 0.1) is 23.5 Å². The number of halogens is 4. The fraction of sp³-hybridized carbons (Fsp3) is 0.167. The third-order valence-corrected chi connectivity index (χ3v) is 3.03. The zero-order valence-electron chi connectivity index (χ0n) is 11.3. The van der Waals surface area contributed by atoms with Crippen LogP contribution in [-0.2, 0) is 6.54 Å². The van der Waals surface area contributed by atoms with Crippen molar-refractivity contribution in [2.75, 3.05) is 0 Å². The van der Waals surface area contributed by atoms with Gasteiger partial charge in [-0.3, -0.25) is 0 Å². The molecule has 2 heterocycles. The second-order valence-electron chi connectivity index (χ2n) is 4.41. The molecule has 2 aromatic heterocycles. The molecule has 1 aromatic carbocycles. The first-order valence-electron chi connectivity index (χ1n) is 6.20. The zero-order chi connectivity index (χ0) is 16.4. The molecule has 0 aliphatic carbocycles. The lowest BCUT2D eigenvalue weighted by molar-refractivity contribution is -0.274. The molecule has 7 nitrogen and oxygen atoms in total. The highest BCUT2D eigenvalue weighted by Gasteiger charge is 2.31. The van der Waals surface area contributed by atoms with Gasteiger partial charge in [0, 0.05) is 6.07 Å². The van der Waals surface area contributed by atoms with Crippen molar-refractivity contribution < 1.29 is 17.9 Å². The van der Waals surface area contributed by atoms with E-state index in [1.165, 1.54) is 23.4 Å². The number of ether oxygens (including phenoxy) is 1. The van der Waals surface area contributed by atoms with E-state index in [-0.39, 0.29) is 5.02 Å². The number of rotatable bonds is 4. The molecule has 0 aliphatic heterocycles. The molecule has 0 atom stereocenters. The summed E-state index contributed by atoms with van der Waals surface area (Å²) in [5, 5.41) is 11.8. The van der Waals surface area contributed by atoms with Crippen molar-refractivity contribution in [3.8, 4) is 11.4 Å². The van der Waals surface area contributed by atoms with E-state index in [0.717, 1.165) is 12.1 Å². The maximum Gasteiger partial charge on any atom is 0.573 e. The lowest BCUT2D eigenvalue weighted by Gasteiger charge is -2.10. The van der Waals surface area contributed by atoms with Crippen molar-refractivity contribution >= 4 is 11.6 Å². The Morgan fingerprint density at radius 1 is 1.26 bits per heavy atom. The molecule has 0 fully saturated rings. The molecule has 0 amide bonds. The number of hydrogen-bond acceptors (Lipinski definition) is 5. The monoisotopic (exact) mass is 344 g/mol. The molecular weight excluding hydrogens is 337 g/mol. The van der Waals surface area contributed by atoms with Crippen LogP contribution < -0.4 is 4.74 Å². The summed E-state index contributed by atoms with van der Waals surface area (Å²) >= 11 is 5.98. The summed E-state index contributed by atoms with van der Waals surface area (Å²) in [6, 6.07) is 3.56. The highest BCUT2D eigenvalue weighted by atomic mass is 35.5. The van der Waals surface area contributed by atoms with Crippen molar-refractivity contribution in [2.45, 2.75) is 12.9 Å². The van der Waals surface area contributed by atoms with Gasteiger partial charge in [-0.1, -0.05) is 16.8 Å². The quantitative estimate of drug-likeness (QED) is 0.727. The van der Waals surface area contributed by atoms with Gasteiger partial charge >= 0.3 is 6.36 Å². The van der Waals surface area contributed by atoms with Crippen LogP contribution >= 0.6 is 11.6 Å². The topological polar surface area (TPSA) is 70.7 Å². The smallest absolute Gasteiger partial charge is 0.406 e. The molecule has 11 heteroatoms. The van der Waals surface area contributed by atoms with Crippen LogP contribution in [0.3, 0.4) is 0 Å². The van der Waals surface area contributed by atoms with Crippen molar-refractivity contribution in [2.24, 2.45) is 0 Å². The molecule has 0 bridgehead atoms. The lowest BCUT2D eigenvalue weighted by atomic mass is 10.3. The number of nitrogens with zero attached hydrogens (tertiary/aromatic N) is 6. The fourth-order valence-corrected chi connectivity index (χ4v) is 2.10. The van der Waals surface area contributed by atoms with Gasteiger partial charge in [0.1, 0.15) is 24.1 Å². The molecule has 0 spiro atoms. The van der Waals surface area contributed by atoms with E-state index in [2.05, 4.69) is 25.1 Å². The van der Waals surface area contributed by atoms with Gasteiger partial charge in [0.2, 0.25) is 0 Å². The number of hydrogen-bond donors (Lipinski definition) is 0. The SMILES string of the molecule is FC(F)(F)Oc1ccc(-n2cc(Cn3cncn3)nn2)c(Cl)c1. The molecule has 0 saturated carbocycles. The van der Waals surface area contributed by atoms with Crippen molar-refractivity contribution in [3.63, 3.8) is 0 Å². The molecule has 0 radical (unpaired) electrons. The predicted molar refractivity (Wildman–Crippen MR) is 72.2 cm³/mol. The van der Waals surface area contributed by atoms with Gasteiger partial charge in [-0.25, -0.2) is 14.3 Å². The molecule has 0 N–H and O–H groups in total. The average Bonchev–Trinajstić information content (AvgIpc) is 3.09. The summed E-state index contributed by atoms with van der Waals surface area (Å²) in [7, 11) is 0. The third kappa shape index (κ3) is 3.77. The Hall–Kier alpha value is -2.62. The van der Waals surface area contributed by atoms with E-state index in [9.17, 15) is 13.2 Å². The fourth-order valence-electron chi connectivity index (χ4n) is 1.84. The minimum atomic E-state index is -4.77. The Morgan fingerprint density at radius 2 is 2.09 bits per heavy atom. The van der Waals surface area contributed by atoms with E-state index >= 15 is 0 Å². The van der Waals surface area contributed by atoms with Crippen LogP contribution in [0.4, 0.5) is 13.2 Å². The Morgan fingerprint density at radius 3 is 2.74 bits per heavy atom. The third-order valence-electron chi connectivity index (χ3n) is 2.73. The summed E-state index contributed by atoms with van der Waals surface area (Å²) in [5.41, 5.74) is 0.959. The van der Waals surface area contributed by atoms with E-state index in [1.54, 1.807) is 10.9 Å². The van der Waals surface area contributed by atoms with Gasteiger partial charge in [-0.05, 0) is 12.1 Å². The summed E-state index contributed by atoms with van der Waals surface area (Å²) < 4.78 is 43.2. The van der Waals surface area contributed by atoms with Gasteiger partial charge in [0.15, 0.2) is 0 Å². The maximum absolute atomic E-state index is 12.2. The Bertz CT molecular complexity index is 801. The highest BCUT2D eigenvalue weighted by molar-refractivity contribution is 6.32. The van der Waals surface area contributed by atoms with Crippen LogP contribution in [0.15, 0.2) is 37.1 Å². The number of alkyl halides is 3. The van der Waals surface area contributed by atoms with Crippen LogP contribution in [0.5, 0.6) is 5.75 Å². The largest absolute Gasteiger partial charge is 0.573 e. The summed E-state index contributed by atoms with van der Waals surface area (Å²) in [6.07, 6.45) is -0.272. The summed E-state index contributed by atoms with van der Waals surface area (Å²) in [4.78, 5) is 3.81. The molecule has 0 unspecified atom stereocenters. The summed E-state index contributed by atoms with van der Waals surface area (Å²) in [5.74, 6) is -0.408. The first kappa shape index (κ1) is 15.3. The van der Waals surface area contributed by atoms with E-state index < -0.39 is 12.1 Å². The highest BCUT2D eigenvalue weighted by Crippen LogP contribution is 2.29. The van der Waals surface area contributed by atoms with Crippen LogP contribution in [0.1, 0.15) is 5.69 Å². The molecule has 3 rings (SSSR count). The van der Waals surface area contributed by atoms with E-state index in [4.69, 9.17) is 11.6 Å². The van der Waals surface area contributed by atoms with Crippen LogP contribution in [0.2, 0.25) is 5.02 Å². The van der Waals surface area contributed by atoms with E-state index in [0.29, 0.717) is 17.9 Å². The van der Waals surface area contributed by atoms with Gasteiger partial charge < -0.3 is 4.74 Å². The normalized spacial score (nSPS) is 11.7. The van der Waals surface area contributed by atoms with E-state index in [1.807, 2.05) is 0 Å². The Labute approximate surface area is 132 Å².